The molecule has 5 heteroatoms. The molecular formula is C11H17N3O2. The van der Waals surface area contributed by atoms with Gasteiger partial charge >= 0.3 is 5.97 Å². The van der Waals surface area contributed by atoms with Crippen molar-refractivity contribution in [1.29, 1.82) is 0 Å². The van der Waals surface area contributed by atoms with Crippen LogP contribution in [-0.2, 0) is 4.79 Å². The molecule has 1 aromatic rings. The van der Waals surface area contributed by atoms with Crippen molar-refractivity contribution in [2.75, 3.05) is 5.32 Å². The summed E-state index contributed by atoms with van der Waals surface area (Å²) in [6.07, 6.45) is 4.12. The molecular weight excluding hydrogens is 206 g/mol. The van der Waals surface area contributed by atoms with Gasteiger partial charge in [0.1, 0.15) is 11.4 Å². The van der Waals surface area contributed by atoms with Crippen LogP contribution in [0.3, 0.4) is 0 Å². The van der Waals surface area contributed by atoms with Gasteiger partial charge in [0, 0.05) is 12.4 Å². The largest absolute Gasteiger partial charge is 0.480 e. The van der Waals surface area contributed by atoms with Crippen molar-refractivity contribution in [2.45, 2.75) is 39.2 Å². The van der Waals surface area contributed by atoms with E-state index in [0.29, 0.717) is 24.4 Å². The normalized spacial score (nSPS) is 11.2. The first-order chi connectivity index (χ1) is 7.55. The highest BCUT2D eigenvalue weighted by Gasteiger charge is 2.35. The Labute approximate surface area is 94.9 Å². The van der Waals surface area contributed by atoms with Crippen LogP contribution in [0.1, 0.15) is 32.4 Å². The van der Waals surface area contributed by atoms with Crippen LogP contribution in [0.25, 0.3) is 0 Å². The lowest BCUT2D eigenvalue weighted by atomic mass is 9.93. The fourth-order valence-electron chi connectivity index (χ4n) is 1.54. The molecule has 0 unspecified atom stereocenters. The van der Waals surface area contributed by atoms with E-state index in [0.717, 1.165) is 0 Å². The summed E-state index contributed by atoms with van der Waals surface area (Å²) in [5.41, 5.74) is -0.254. The van der Waals surface area contributed by atoms with Crippen molar-refractivity contribution < 1.29 is 9.90 Å². The highest BCUT2D eigenvalue weighted by molar-refractivity contribution is 5.82. The number of hydrogen-bond acceptors (Lipinski definition) is 4. The lowest BCUT2D eigenvalue weighted by Crippen LogP contribution is -2.45. The fraction of sp³-hybridized carbons (Fsp3) is 0.545. The van der Waals surface area contributed by atoms with Crippen LogP contribution in [0.15, 0.2) is 12.4 Å². The molecule has 5 nitrogen and oxygen atoms in total. The van der Waals surface area contributed by atoms with Crippen LogP contribution < -0.4 is 5.32 Å². The maximum atomic E-state index is 11.3. The van der Waals surface area contributed by atoms with E-state index in [4.69, 9.17) is 0 Å². The number of rotatable bonds is 5. The molecule has 0 fully saturated rings. The Bertz CT molecular complexity index is 375. The summed E-state index contributed by atoms with van der Waals surface area (Å²) in [5.74, 6) is -0.323. The van der Waals surface area contributed by atoms with Crippen molar-refractivity contribution in [3.63, 3.8) is 0 Å². The number of nitrogens with zero attached hydrogens (tertiary/aromatic N) is 2. The van der Waals surface area contributed by atoms with Gasteiger partial charge in [-0.1, -0.05) is 13.8 Å². The van der Waals surface area contributed by atoms with Crippen LogP contribution in [0.2, 0.25) is 0 Å². The zero-order chi connectivity index (χ0) is 12.2. The van der Waals surface area contributed by atoms with E-state index in [1.807, 2.05) is 13.8 Å². The van der Waals surface area contributed by atoms with Gasteiger partial charge in [0.25, 0.3) is 0 Å². The summed E-state index contributed by atoms with van der Waals surface area (Å²) in [6.45, 7) is 5.49. The van der Waals surface area contributed by atoms with E-state index < -0.39 is 11.5 Å². The highest BCUT2D eigenvalue weighted by atomic mass is 16.4. The predicted molar refractivity (Wildman–Crippen MR) is 61.3 cm³/mol. The molecule has 1 rings (SSSR count). The van der Waals surface area contributed by atoms with Crippen LogP contribution in [0.5, 0.6) is 0 Å². The summed E-state index contributed by atoms with van der Waals surface area (Å²) in [7, 11) is 0. The Balaban J connectivity index is 3.01. The van der Waals surface area contributed by atoms with Crippen molar-refractivity contribution in [3.8, 4) is 0 Å². The van der Waals surface area contributed by atoms with Crippen molar-refractivity contribution in [2.24, 2.45) is 0 Å². The third-order valence-corrected chi connectivity index (χ3v) is 2.86. The highest BCUT2D eigenvalue weighted by Crippen LogP contribution is 2.22. The van der Waals surface area contributed by atoms with Gasteiger partial charge in [-0.3, -0.25) is 4.98 Å². The Morgan fingerprint density at radius 3 is 2.38 bits per heavy atom. The van der Waals surface area contributed by atoms with E-state index in [1.165, 1.54) is 0 Å². The second-order valence-corrected chi connectivity index (χ2v) is 3.71. The molecule has 0 radical (unpaired) electrons. The number of nitrogens with one attached hydrogen (secondary N) is 1. The lowest BCUT2D eigenvalue weighted by Gasteiger charge is -2.28. The number of carbonyl (C=O) groups is 1. The van der Waals surface area contributed by atoms with Gasteiger partial charge in [0.2, 0.25) is 0 Å². The Morgan fingerprint density at radius 1 is 1.38 bits per heavy atom. The van der Waals surface area contributed by atoms with E-state index >= 15 is 0 Å². The van der Waals surface area contributed by atoms with E-state index in [2.05, 4.69) is 15.3 Å². The maximum Gasteiger partial charge on any atom is 0.329 e. The quantitative estimate of drug-likeness (QED) is 0.796. The Morgan fingerprint density at radius 2 is 1.94 bits per heavy atom. The zero-order valence-electron chi connectivity index (χ0n) is 9.82. The molecule has 0 saturated carbocycles. The monoisotopic (exact) mass is 223 g/mol. The van der Waals surface area contributed by atoms with Gasteiger partial charge in [-0.05, 0) is 19.8 Å². The Kier molecular flexibility index (Phi) is 3.82. The average molecular weight is 223 g/mol. The molecule has 0 amide bonds. The van der Waals surface area contributed by atoms with Crippen LogP contribution in [0.4, 0.5) is 5.82 Å². The SMILES string of the molecule is CCC(CC)(Nc1nccnc1C)C(=O)O. The Hall–Kier alpha value is -1.65. The molecule has 0 saturated heterocycles. The number of carboxylic acid groups (broad SMARTS) is 1. The third kappa shape index (κ3) is 2.29. The molecule has 0 aromatic carbocycles. The molecule has 0 aliphatic heterocycles. The molecule has 0 bridgehead atoms. The van der Waals surface area contributed by atoms with Crippen molar-refractivity contribution in [1.82, 2.24) is 9.97 Å². The van der Waals surface area contributed by atoms with Crippen LogP contribution in [-0.4, -0.2) is 26.6 Å². The fourth-order valence-corrected chi connectivity index (χ4v) is 1.54. The molecule has 1 aromatic heterocycles. The number of carboxylic acids is 1. The minimum Gasteiger partial charge on any atom is -0.480 e. The summed E-state index contributed by atoms with van der Waals surface area (Å²) in [5, 5.41) is 12.3. The number of aliphatic carboxylic acids is 1. The first-order valence-electron chi connectivity index (χ1n) is 5.35. The van der Waals surface area contributed by atoms with Gasteiger partial charge in [0.15, 0.2) is 0 Å². The van der Waals surface area contributed by atoms with Gasteiger partial charge in [-0.25, -0.2) is 9.78 Å². The minimum absolute atomic E-state index is 0.495. The van der Waals surface area contributed by atoms with Crippen LogP contribution in [0, 0.1) is 6.92 Å². The van der Waals surface area contributed by atoms with Gasteiger partial charge in [0.05, 0.1) is 5.69 Å². The number of hydrogen-bond donors (Lipinski definition) is 2. The minimum atomic E-state index is -0.958. The van der Waals surface area contributed by atoms with E-state index in [1.54, 1.807) is 19.3 Å². The summed E-state index contributed by atoms with van der Waals surface area (Å²) < 4.78 is 0. The maximum absolute atomic E-state index is 11.3. The molecule has 2 N–H and O–H groups in total. The lowest BCUT2D eigenvalue weighted by molar-refractivity contribution is -0.142. The van der Waals surface area contributed by atoms with Gasteiger partial charge < -0.3 is 10.4 Å². The number of anilines is 1. The van der Waals surface area contributed by atoms with E-state index in [9.17, 15) is 9.90 Å². The molecule has 88 valence electrons. The molecule has 1 heterocycles. The topological polar surface area (TPSA) is 75.1 Å². The van der Waals surface area contributed by atoms with Crippen molar-refractivity contribution in [3.05, 3.63) is 18.1 Å². The van der Waals surface area contributed by atoms with Crippen LogP contribution >= 0.6 is 0 Å². The second kappa shape index (κ2) is 4.92. The first-order valence-corrected chi connectivity index (χ1v) is 5.35. The number of aromatic nitrogens is 2. The summed E-state index contributed by atoms with van der Waals surface area (Å²) in [4.78, 5) is 19.5. The smallest absolute Gasteiger partial charge is 0.329 e. The number of aryl methyl sites for hydroxylation is 1. The van der Waals surface area contributed by atoms with Gasteiger partial charge in [-0.2, -0.15) is 0 Å². The first kappa shape index (κ1) is 12.4. The van der Waals surface area contributed by atoms with E-state index in [-0.39, 0.29) is 0 Å². The second-order valence-electron chi connectivity index (χ2n) is 3.71. The molecule has 0 aliphatic carbocycles. The van der Waals surface area contributed by atoms with Gasteiger partial charge in [-0.15, -0.1) is 0 Å². The summed E-state index contributed by atoms with van der Waals surface area (Å²) >= 11 is 0. The third-order valence-electron chi connectivity index (χ3n) is 2.86. The molecule has 16 heavy (non-hydrogen) atoms. The standard InChI is InChI=1S/C11H17N3O2/c1-4-11(5-2,10(15)16)14-9-8(3)12-6-7-13-9/h6-7H,4-5H2,1-3H3,(H,13,14)(H,15,16). The molecule has 0 aliphatic rings. The average Bonchev–Trinajstić information content (AvgIpc) is 2.28. The summed E-state index contributed by atoms with van der Waals surface area (Å²) in [6, 6.07) is 0. The van der Waals surface area contributed by atoms with Crippen molar-refractivity contribution >= 4 is 11.8 Å². The molecule has 0 atom stereocenters. The predicted octanol–water partition coefficient (Wildman–Crippen LogP) is 1.84. The molecule has 0 spiro atoms. The zero-order valence-corrected chi connectivity index (χ0v) is 9.82.